The molecule has 4 heteroatoms. The molecule has 0 aliphatic carbocycles. The maximum Gasteiger partial charge on any atom is 0.326 e. The summed E-state index contributed by atoms with van der Waals surface area (Å²) in [5.74, 6) is -1.40. The molecule has 0 aliphatic rings. The minimum absolute atomic E-state index is 0.345. The van der Waals surface area contributed by atoms with Crippen molar-refractivity contribution < 1.29 is 14.7 Å². The summed E-state index contributed by atoms with van der Waals surface area (Å²) in [7, 11) is 0. The Morgan fingerprint density at radius 2 is 2.00 bits per heavy atom. The molecule has 0 heterocycles. The molecule has 1 atom stereocenters. The Balaban J connectivity index is 2.64. The molecule has 0 fully saturated rings. The molecule has 1 aromatic rings. The molecule has 0 saturated heterocycles. The van der Waals surface area contributed by atoms with Crippen LogP contribution in [0, 0.1) is 0 Å². The number of benzene rings is 1. The lowest BCUT2D eigenvalue weighted by Crippen LogP contribution is -2.40. The summed E-state index contributed by atoms with van der Waals surface area (Å²) in [6.45, 7) is 3.52. The molecule has 0 aliphatic heterocycles. The standard InChI is InChI=1S/C13H15NO3/c1-2-3-9-11(13(16)17)14-12(15)10-7-5-4-6-8-10/h2,4-8,11H,1,3,9H2,(H,14,15)(H,16,17)/t11-/m0/s1. The number of carbonyl (C=O) groups is 2. The van der Waals surface area contributed by atoms with Crippen LogP contribution in [0.5, 0.6) is 0 Å². The highest BCUT2D eigenvalue weighted by Crippen LogP contribution is 2.02. The van der Waals surface area contributed by atoms with Crippen molar-refractivity contribution in [1.29, 1.82) is 0 Å². The van der Waals surface area contributed by atoms with E-state index in [0.717, 1.165) is 0 Å². The predicted molar refractivity (Wildman–Crippen MR) is 64.8 cm³/mol. The number of allylic oxidation sites excluding steroid dienone is 1. The summed E-state index contributed by atoms with van der Waals surface area (Å²) in [5.41, 5.74) is 0.456. The average molecular weight is 233 g/mol. The van der Waals surface area contributed by atoms with Crippen LogP contribution in [0.15, 0.2) is 43.0 Å². The van der Waals surface area contributed by atoms with E-state index in [1.165, 1.54) is 0 Å². The second kappa shape index (κ2) is 6.48. The first-order chi connectivity index (χ1) is 8.15. The Labute approximate surface area is 100.0 Å². The predicted octanol–water partition coefficient (Wildman–Crippen LogP) is 1.84. The first-order valence-electron chi connectivity index (χ1n) is 5.34. The first kappa shape index (κ1) is 13.0. The quantitative estimate of drug-likeness (QED) is 0.737. The minimum Gasteiger partial charge on any atom is -0.480 e. The molecule has 17 heavy (non-hydrogen) atoms. The Bertz CT molecular complexity index is 400. The molecule has 0 spiro atoms. The van der Waals surface area contributed by atoms with E-state index < -0.39 is 12.0 Å². The monoisotopic (exact) mass is 233 g/mol. The van der Waals surface area contributed by atoms with E-state index in [1.54, 1.807) is 36.4 Å². The van der Waals surface area contributed by atoms with E-state index in [-0.39, 0.29) is 5.91 Å². The van der Waals surface area contributed by atoms with E-state index >= 15 is 0 Å². The summed E-state index contributed by atoms with van der Waals surface area (Å²) >= 11 is 0. The third-order valence-electron chi connectivity index (χ3n) is 2.30. The molecule has 2 N–H and O–H groups in total. The van der Waals surface area contributed by atoms with Crippen LogP contribution in [0.1, 0.15) is 23.2 Å². The van der Waals surface area contributed by atoms with Gasteiger partial charge in [0.2, 0.25) is 0 Å². The van der Waals surface area contributed by atoms with Gasteiger partial charge in [-0.25, -0.2) is 4.79 Å². The van der Waals surface area contributed by atoms with Gasteiger partial charge in [-0.3, -0.25) is 4.79 Å². The normalized spacial score (nSPS) is 11.5. The van der Waals surface area contributed by atoms with Crippen LogP contribution in [0.4, 0.5) is 0 Å². The number of carboxylic acid groups (broad SMARTS) is 1. The third-order valence-corrected chi connectivity index (χ3v) is 2.30. The molecule has 4 nitrogen and oxygen atoms in total. The van der Waals surface area contributed by atoms with Gasteiger partial charge >= 0.3 is 5.97 Å². The highest BCUT2D eigenvalue weighted by molar-refractivity contribution is 5.96. The lowest BCUT2D eigenvalue weighted by molar-refractivity contribution is -0.139. The van der Waals surface area contributed by atoms with Crippen molar-refractivity contribution in [2.75, 3.05) is 0 Å². The van der Waals surface area contributed by atoms with Gasteiger partial charge in [-0.2, -0.15) is 0 Å². The summed E-state index contributed by atoms with van der Waals surface area (Å²) in [6.07, 6.45) is 2.52. The molecule has 1 aromatic carbocycles. The summed E-state index contributed by atoms with van der Waals surface area (Å²) < 4.78 is 0. The van der Waals surface area contributed by atoms with Gasteiger partial charge in [-0.15, -0.1) is 6.58 Å². The lowest BCUT2D eigenvalue weighted by Gasteiger charge is -2.13. The SMILES string of the molecule is C=CCC[C@H](NC(=O)c1ccccc1)C(=O)O. The van der Waals surface area contributed by atoms with Gasteiger partial charge in [-0.05, 0) is 25.0 Å². The maximum absolute atomic E-state index is 11.7. The van der Waals surface area contributed by atoms with Crippen LogP contribution in [-0.2, 0) is 4.79 Å². The molecule has 0 bridgehead atoms. The summed E-state index contributed by atoms with van der Waals surface area (Å²) in [6, 6.07) is 7.66. The second-order valence-corrected chi connectivity index (χ2v) is 3.60. The zero-order valence-corrected chi connectivity index (χ0v) is 9.43. The second-order valence-electron chi connectivity index (χ2n) is 3.60. The number of amides is 1. The lowest BCUT2D eigenvalue weighted by atomic mass is 10.1. The number of carboxylic acids is 1. The topological polar surface area (TPSA) is 66.4 Å². The maximum atomic E-state index is 11.7. The van der Waals surface area contributed by atoms with E-state index in [9.17, 15) is 9.59 Å². The Morgan fingerprint density at radius 3 is 2.53 bits per heavy atom. The first-order valence-corrected chi connectivity index (χ1v) is 5.34. The van der Waals surface area contributed by atoms with Crippen LogP contribution >= 0.6 is 0 Å². The number of hydrogen-bond donors (Lipinski definition) is 2. The van der Waals surface area contributed by atoms with Crippen LogP contribution in [0.2, 0.25) is 0 Å². The van der Waals surface area contributed by atoms with Crippen molar-refractivity contribution in [3.05, 3.63) is 48.6 Å². The van der Waals surface area contributed by atoms with Crippen LogP contribution in [-0.4, -0.2) is 23.0 Å². The van der Waals surface area contributed by atoms with Gasteiger partial charge in [0, 0.05) is 5.56 Å². The van der Waals surface area contributed by atoms with Crippen molar-refractivity contribution in [3.63, 3.8) is 0 Å². The number of aliphatic carboxylic acids is 1. The van der Waals surface area contributed by atoms with Gasteiger partial charge in [0.15, 0.2) is 0 Å². The highest BCUT2D eigenvalue weighted by Gasteiger charge is 2.19. The van der Waals surface area contributed by atoms with Crippen molar-refractivity contribution in [2.45, 2.75) is 18.9 Å². The average Bonchev–Trinajstić information content (AvgIpc) is 2.35. The molecule has 1 amide bonds. The minimum atomic E-state index is -1.03. The fraction of sp³-hybridized carbons (Fsp3) is 0.231. The largest absolute Gasteiger partial charge is 0.480 e. The van der Waals surface area contributed by atoms with E-state index in [1.807, 2.05) is 0 Å². The molecule has 1 rings (SSSR count). The molecule has 90 valence electrons. The van der Waals surface area contributed by atoms with Crippen molar-refractivity contribution in [3.8, 4) is 0 Å². The van der Waals surface area contributed by atoms with Gasteiger partial charge in [0.1, 0.15) is 6.04 Å². The van der Waals surface area contributed by atoms with Gasteiger partial charge < -0.3 is 10.4 Å². The Hall–Kier alpha value is -2.10. The van der Waals surface area contributed by atoms with Crippen LogP contribution in [0.3, 0.4) is 0 Å². The van der Waals surface area contributed by atoms with Crippen molar-refractivity contribution in [1.82, 2.24) is 5.32 Å². The van der Waals surface area contributed by atoms with E-state index in [2.05, 4.69) is 11.9 Å². The zero-order valence-electron chi connectivity index (χ0n) is 9.43. The molecule has 0 aromatic heterocycles. The van der Waals surface area contributed by atoms with Gasteiger partial charge in [0.05, 0.1) is 0 Å². The van der Waals surface area contributed by atoms with Crippen molar-refractivity contribution in [2.24, 2.45) is 0 Å². The van der Waals surface area contributed by atoms with E-state index in [4.69, 9.17) is 5.11 Å². The van der Waals surface area contributed by atoms with E-state index in [0.29, 0.717) is 18.4 Å². The van der Waals surface area contributed by atoms with Crippen LogP contribution in [0.25, 0.3) is 0 Å². The number of nitrogens with one attached hydrogen (secondary N) is 1. The molecule has 0 radical (unpaired) electrons. The molecule has 0 unspecified atom stereocenters. The Morgan fingerprint density at radius 1 is 1.35 bits per heavy atom. The number of rotatable bonds is 6. The molecule has 0 saturated carbocycles. The fourth-order valence-corrected chi connectivity index (χ4v) is 1.37. The van der Waals surface area contributed by atoms with Gasteiger partial charge in [-0.1, -0.05) is 24.3 Å². The molecular weight excluding hydrogens is 218 g/mol. The fourth-order valence-electron chi connectivity index (χ4n) is 1.37. The van der Waals surface area contributed by atoms with Crippen molar-refractivity contribution >= 4 is 11.9 Å². The third kappa shape index (κ3) is 4.10. The van der Waals surface area contributed by atoms with Crippen LogP contribution < -0.4 is 5.32 Å². The van der Waals surface area contributed by atoms with Gasteiger partial charge in [0.25, 0.3) is 5.91 Å². The molecular formula is C13H15NO3. The summed E-state index contributed by atoms with van der Waals surface area (Å²) in [5, 5.41) is 11.4. The summed E-state index contributed by atoms with van der Waals surface area (Å²) in [4.78, 5) is 22.6. The zero-order chi connectivity index (χ0) is 12.7. The number of carbonyl (C=O) groups excluding carboxylic acids is 1. The Kier molecular flexibility index (Phi) is 4.94. The smallest absolute Gasteiger partial charge is 0.326 e. The number of hydrogen-bond acceptors (Lipinski definition) is 2. The highest BCUT2D eigenvalue weighted by atomic mass is 16.4.